The van der Waals surface area contributed by atoms with Crippen LogP contribution in [-0.2, 0) is 10.1 Å². The number of aliphatic hydroxyl groups excluding tert-OH is 1. The molecule has 29 heavy (non-hydrogen) atoms. The number of aromatic nitrogens is 2. The third-order valence-electron chi connectivity index (χ3n) is 4.99. The Kier molecular flexibility index (Phi) is 5.81. The number of halogens is 1. The summed E-state index contributed by atoms with van der Waals surface area (Å²) in [6.07, 6.45) is 1.97. The molecule has 3 rings (SSSR count). The molecule has 0 aliphatic heterocycles. The predicted molar refractivity (Wildman–Crippen MR) is 112 cm³/mol. The molecule has 2 aromatic heterocycles. The van der Waals surface area contributed by atoms with Gasteiger partial charge >= 0.3 is 0 Å². The molecule has 1 amide bonds. The molecule has 8 nitrogen and oxygen atoms in total. The van der Waals surface area contributed by atoms with E-state index in [0.29, 0.717) is 26.6 Å². The minimum Gasteiger partial charge on any atom is -0.384 e. The Morgan fingerprint density at radius 3 is 2.62 bits per heavy atom. The minimum atomic E-state index is -4.45. The third kappa shape index (κ3) is 3.93. The minimum absolute atomic E-state index is 0.0783. The van der Waals surface area contributed by atoms with Crippen LogP contribution in [0.2, 0.25) is 0 Å². The first-order valence-electron chi connectivity index (χ1n) is 8.76. The highest BCUT2D eigenvalue weighted by molar-refractivity contribution is 9.10. The van der Waals surface area contributed by atoms with E-state index in [9.17, 15) is 22.9 Å². The van der Waals surface area contributed by atoms with Crippen LogP contribution in [-0.4, -0.2) is 34.0 Å². The number of carbonyl (C=O) groups excluding carboxylic acids is 1. The number of hydrogen-bond acceptors (Lipinski definition) is 5. The van der Waals surface area contributed by atoms with E-state index in [-0.39, 0.29) is 23.1 Å². The Morgan fingerprint density at radius 1 is 1.34 bits per heavy atom. The van der Waals surface area contributed by atoms with Crippen molar-refractivity contribution in [3.05, 3.63) is 62.9 Å². The van der Waals surface area contributed by atoms with Crippen molar-refractivity contribution in [1.29, 1.82) is 0 Å². The highest BCUT2D eigenvalue weighted by Crippen LogP contribution is 2.39. The van der Waals surface area contributed by atoms with Crippen molar-refractivity contribution in [2.24, 2.45) is 5.73 Å². The second-order valence-electron chi connectivity index (χ2n) is 6.71. The van der Waals surface area contributed by atoms with E-state index in [1.54, 1.807) is 32.3 Å². The van der Waals surface area contributed by atoms with Crippen LogP contribution in [0.5, 0.6) is 0 Å². The number of fused-ring (bicyclic) bond motifs is 1. The molecule has 3 aromatic rings. The standard InChI is InChI=1S/C19H20BrN3O5S/c1-3-15(29(26,27)28)12-5-4-11(18(21)25)9(2)16(12)17(24)14-8-23-19-13(14)6-10(20)7-22-19/h4-8,15,17,24H,3H2,1-2H3,(H2,21,25)(H,22,23)(H,26,27,28). The number of rotatable bonds is 6. The van der Waals surface area contributed by atoms with E-state index in [0.717, 1.165) is 0 Å². The molecule has 0 bridgehead atoms. The fraction of sp³-hybridized carbons (Fsp3) is 0.263. The number of nitrogens with two attached hydrogens (primary N) is 1. The van der Waals surface area contributed by atoms with Crippen LogP contribution in [0.3, 0.4) is 0 Å². The molecule has 10 heteroatoms. The van der Waals surface area contributed by atoms with Crippen molar-refractivity contribution in [3.8, 4) is 0 Å². The number of nitrogens with zero attached hydrogens (tertiary/aromatic N) is 1. The molecular weight excluding hydrogens is 462 g/mol. The number of pyridine rings is 1. The van der Waals surface area contributed by atoms with E-state index in [1.807, 2.05) is 0 Å². The van der Waals surface area contributed by atoms with Gasteiger partial charge in [0, 0.05) is 33.4 Å². The molecule has 0 saturated carbocycles. The number of H-pyrrole nitrogens is 1. The van der Waals surface area contributed by atoms with Gasteiger partial charge in [0.25, 0.3) is 10.1 Å². The van der Waals surface area contributed by atoms with Gasteiger partial charge in [-0.25, -0.2) is 4.98 Å². The maximum absolute atomic E-state index is 12.0. The second kappa shape index (κ2) is 7.86. The maximum Gasteiger partial charge on any atom is 0.271 e. The molecule has 0 aliphatic carbocycles. The van der Waals surface area contributed by atoms with Crippen molar-refractivity contribution < 1.29 is 22.9 Å². The van der Waals surface area contributed by atoms with Gasteiger partial charge in [-0.2, -0.15) is 8.42 Å². The lowest BCUT2D eigenvalue weighted by Gasteiger charge is -2.23. The van der Waals surface area contributed by atoms with Crippen LogP contribution >= 0.6 is 15.9 Å². The number of benzene rings is 1. The van der Waals surface area contributed by atoms with E-state index >= 15 is 0 Å². The van der Waals surface area contributed by atoms with Crippen LogP contribution in [0, 0.1) is 6.92 Å². The average Bonchev–Trinajstić information content (AvgIpc) is 3.03. The fourth-order valence-electron chi connectivity index (χ4n) is 3.63. The number of nitrogens with one attached hydrogen (secondary N) is 1. The topological polar surface area (TPSA) is 146 Å². The van der Waals surface area contributed by atoms with Crippen molar-refractivity contribution in [3.63, 3.8) is 0 Å². The van der Waals surface area contributed by atoms with Crippen molar-refractivity contribution in [1.82, 2.24) is 9.97 Å². The average molecular weight is 482 g/mol. The smallest absolute Gasteiger partial charge is 0.271 e. The van der Waals surface area contributed by atoms with Crippen LogP contribution in [0.15, 0.2) is 35.1 Å². The zero-order valence-corrected chi connectivity index (χ0v) is 18.1. The molecule has 0 aliphatic rings. The van der Waals surface area contributed by atoms with Crippen LogP contribution in [0.25, 0.3) is 11.0 Å². The molecule has 0 fully saturated rings. The molecule has 2 atom stereocenters. The number of aliphatic hydroxyl groups is 1. The summed E-state index contributed by atoms with van der Waals surface area (Å²) < 4.78 is 34.4. The number of hydrogen-bond donors (Lipinski definition) is 4. The first-order valence-corrected chi connectivity index (χ1v) is 11.1. The Hall–Kier alpha value is -2.27. The van der Waals surface area contributed by atoms with Gasteiger partial charge in [-0.15, -0.1) is 0 Å². The molecule has 0 radical (unpaired) electrons. The molecule has 5 N–H and O–H groups in total. The van der Waals surface area contributed by atoms with Crippen molar-refractivity contribution >= 4 is 43.0 Å². The largest absolute Gasteiger partial charge is 0.384 e. The summed E-state index contributed by atoms with van der Waals surface area (Å²) in [6.45, 7) is 3.19. The van der Waals surface area contributed by atoms with E-state index in [4.69, 9.17) is 5.73 Å². The molecule has 154 valence electrons. The Labute approximate surface area is 176 Å². The van der Waals surface area contributed by atoms with Gasteiger partial charge < -0.3 is 15.8 Å². The van der Waals surface area contributed by atoms with Gasteiger partial charge in [0.05, 0.1) is 0 Å². The quantitative estimate of drug-likeness (QED) is 0.397. The van der Waals surface area contributed by atoms with Gasteiger partial charge in [0.15, 0.2) is 0 Å². The molecule has 0 spiro atoms. The first-order chi connectivity index (χ1) is 13.6. The van der Waals surface area contributed by atoms with Gasteiger partial charge in [-0.3, -0.25) is 9.35 Å². The van der Waals surface area contributed by atoms with Gasteiger partial charge in [-0.1, -0.05) is 13.0 Å². The SMILES string of the molecule is CCC(c1ccc(C(N)=O)c(C)c1C(O)c1c[nH]c2ncc(Br)cc12)S(=O)(=O)O. The highest BCUT2D eigenvalue weighted by Gasteiger charge is 2.31. The zero-order valence-electron chi connectivity index (χ0n) is 15.7. The summed E-state index contributed by atoms with van der Waals surface area (Å²) in [6, 6.07) is 4.59. The van der Waals surface area contributed by atoms with E-state index in [2.05, 4.69) is 25.9 Å². The number of carbonyl (C=O) groups is 1. The normalized spacial score (nSPS) is 14.1. The lowest BCUT2D eigenvalue weighted by Crippen LogP contribution is -2.20. The summed E-state index contributed by atoms with van der Waals surface area (Å²) in [7, 11) is -4.45. The van der Waals surface area contributed by atoms with Crippen molar-refractivity contribution in [2.75, 3.05) is 0 Å². The maximum atomic E-state index is 12.0. The van der Waals surface area contributed by atoms with E-state index in [1.165, 1.54) is 12.1 Å². The monoisotopic (exact) mass is 481 g/mol. The Bertz CT molecular complexity index is 1210. The second-order valence-corrected chi connectivity index (χ2v) is 9.23. The lowest BCUT2D eigenvalue weighted by atomic mass is 9.88. The Morgan fingerprint density at radius 2 is 2.03 bits per heavy atom. The van der Waals surface area contributed by atoms with Gasteiger partial charge in [0.2, 0.25) is 5.91 Å². The molecule has 2 unspecified atom stereocenters. The number of aromatic amines is 1. The van der Waals surface area contributed by atoms with Crippen LogP contribution in [0.4, 0.5) is 0 Å². The highest BCUT2D eigenvalue weighted by atomic mass is 79.9. The zero-order chi connectivity index (χ0) is 21.5. The van der Waals surface area contributed by atoms with Crippen molar-refractivity contribution in [2.45, 2.75) is 31.6 Å². The fourth-order valence-corrected chi connectivity index (χ4v) is 4.91. The molecule has 0 saturated heterocycles. The first kappa shape index (κ1) is 21.4. The molecule has 1 aromatic carbocycles. The number of amides is 1. The number of primary amides is 1. The summed E-state index contributed by atoms with van der Waals surface area (Å²) in [5.74, 6) is -0.703. The van der Waals surface area contributed by atoms with Crippen LogP contribution < -0.4 is 5.73 Å². The summed E-state index contributed by atoms with van der Waals surface area (Å²) in [4.78, 5) is 19.0. The molecule has 2 heterocycles. The lowest BCUT2D eigenvalue weighted by molar-refractivity contribution is 0.0999. The summed E-state index contributed by atoms with van der Waals surface area (Å²) in [5, 5.41) is 10.6. The third-order valence-corrected chi connectivity index (χ3v) is 6.73. The van der Waals surface area contributed by atoms with Gasteiger partial charge in [-0.05, 0) is 58.1 Å². The summed E-state index contributed by atoms with van der Waals surface area (Å²) >= 11 is 3.35. The summed E-state index contributed by atoms with van der Waals surface area (Å²) in [5.41, 5.74) is 7.37. The Balaban J connectivity index is 2.31. The predicted octanol–water partition coefficient (Wildman–Crippen LogP) is 3.15. The van der Waals surface area contributed by atoms with Crippen LogP contribution in [0.1, 0.15) is 57.3 Å². The molecular formula is C19H20BrN3O5S. The van der Waals surface area contributed by atoms with Gasteiger partial charge in [0.1, 0.15) is 17.0 Å². The van der Waals surface area contributed by atoms with E-state index < -0.39 is 27.4 Å².